The molecule has 0 atom stereocenters. The number of likely N-dealkylation sites (N-methyl/N-ethyl adjacent to an activating group) is 1. The molecule has 1 heterocycles. The minimum Gasteiger partial charge on any atom is -0.368 e. The Labute approximate surface area is 113 Å². The molecule has 2 rings (SSSR count). The lowest BCUT2D eigenvalue weighted by Gasteiger charge is -2.37. The van der Waals surface area contributed by atoms with Gasteiger partial charge in [0.1, 0.15) is 0 Å². The van der Waals surface area contributed by atoms with Gasteiger partial charge in [0.15, 0.2) is 0 Å². The number of fused-ring (bicyclic) bond motifs is 1. The van der Waals surface area contributed by atoms with Gasteiger partial charge in [0.05, 0.1) is 5.52 Å². The van der Waals surface area contributed by atoms with Crippen LogP contribution in [0.1, 0.15) is 13.8 Å². The predicted molar refractivity (Wildman–Crippen MR) is 78.3 cm³/mol. The van der Waals surface area contributed by atoms with E-state index < -0.39 is 0 Å². The maximum absolute atomic E-state index is 5.99. The molecule has 18 heavy (non-hydrogen) atoms. The normalized spacial score (nSPS) is 11.8. The van der Waals surface area contributed by atoms with Gasteiger partial charge in [0.25, 0.3) is 0 Å². The van der Waals surface area contributed by atoms with Crippen LogP contribution in [-0.2, 0) is 0 Å². The van der Waals surface area contributed by atoms with E-state index in [1.54, 1.807) is 6.20 Å². The van der Waals surface area contributed by atoms with E-state index in [1.807, 2.05) is 24.3 Å². The van der Waals surface area contributed by atoms with Crippen molar-refractivity contribution in [1.82, 2.24) is 4.98 Å². The van der Waals surface area contributed by atoms with Crippen LogP contribution in [0.2, 0.25) is 5.02 Å². The summed E-state index contributed by atoms with van der Waals surface area (Å²) in [5.74, 6) is 0. The van der Waals surface area contributed by atoms with Crippen LogP contribution in [0.25, 0.3) is 10.9 Å². The van der Waals surface area contributed by atoms with Gasteiger partial charge in [-0.25, -0.2) is 0 Å². The molecule has 96 valence electrons. The molecule has 0 aliphatic rings. The van der Waals surface area contributed by atoms with E-state index in [9.17, 15) is 0 Å². The lowest BCUT2D eigenvalue weighted by atomic mass is 10.0. The predicted octanol–water partition coefficient (Wildman–Crippen LogP) is 3.06. The molecule has 0 saturated heterocycles. The van der Waals surface area contributed by atoms with Crippen LogP contribution in [-0.4, -0.2) is 24.1 Å². The zero-order valence-electron chi connectivity index (χ0n) is 10.9. The maximum Gasteiger partial charge on any atom is 0.0737 e. The standard InChI is InChI=1S/C14H18ClN3/c1-14(2,9-16)18(3)13-6-7-17-12-8-10(15)4-5-11(12)13/h4-8H,9,16H2,1-3H3. The van der Waals surface area contributed by atoms with Crippen molar-refractivity contribution >= 4 is 28.2 Å². The number of rotatable bonds is 3. The Morgan fingerprint density at radius 2 is 2.06 bits per heavy atom. The Balaban J connectivity index is 2.58. The highest BCUT2D eigenvalue weighted by Crippen LogP contribution is 2.30. The van der Waals surface area contributed by atoms with Gasteiger partial charge in [-0.3, -0.25) is 4.98 Å². The fourth-order valence-corrected chi connectivity index (χ4v) is 2.03. The number of aromatic nitrogens is 1. The quantitative estimate of drug-likeness (QED) is 0.925. The molecule has 0 fully saturated rings. The largest absolute Gasteiger partial charge is 0.368 e. The summed E-state index contributed by atoms with van der Waals surface area (Å²) >= 11 is 5.99. The molecule has 2 aromatic rings. The highest BCUT2D eigenvalue weighted by molar-refractivity contribution is 6.31. The Hall–Kier alpha value is -1.32. The average Bonchev–Trinajstić information content (AvgIpc) is 2.36. The third-order valence-corrected chi connectivity index (χ3v) is 3.69. The Kier molecular flexibility index (Phi) is 3.46. The van der Waals surface area contributed by atoms with Crippen LogP contribution in [0.3, 0.4) is 0 Å². The van der Waals surface area contributed by atoms with Gasteiger partial charge in [0.2, 0.25) is 0 Å². The topological polar surface area (TPSA) is 42.2 Å². The van der Waals surface area contributed by atoms with E-state index in [1.165, 1.54) is 0 Å². The van der Waals surface area contributed by atoms with Gasteiger partial charge in [0, 0.05) is 41.4 Å². The smallest absolute Gasteiger partial charge is 0.0737 e. The number of halogens is 1. The molecule has 0 bridgehead atoms. The van der Waals surface area contributed by atoms with Crippen LogP contribution in [0.4, 0.5) is 5.69 Å². The molecule has 0 aliphatic carbocycles. The highest BCUT2D eigenvalue weighted by Gasteiger charge is 2.23. The first-order valence-corrected chi connectivity index (χ1v) is 6.32. The fraction of sp³-hybridized carbons (Fsp3) is 0.357. The zero-order valence-corrected chi connectivity index (χ0v) is 11.7. The summed E-state index contributed by atoms with van der Waals surface area (Å²) in [5.41, 5.74) is 7.75. The first-order chi connectivity index (χ1) is 8.45. The third kappa shape index (κ3) is 2.28. The highest BCUT2D eigenvalue weighted by atomic mass is 35.5. The van der Waals surface area contributed by atoms with Gasteiger partial charge >= 0.3 is 0 Å². The van der Waals surface area contributed by atoms with E-state index >= 15 is 0 Å². The van der Waals surface area contributed by atoms with Gasteiger partial charge in [-0.15, -0.1) is 0 Å². The molecule has 1 aromatic heterocycles. The second kappa shape index (κ2) is 4.75. The summed E-state index contributed by atoms with van der Waals surface area (Å²) < 4.78 is 0. The average molecular weight is 264 g/mol. The molecule has 0 radical (unpaired) electrons. The second-order valence-electron chi connectivity index (χ2n) is 5.07. The molecule has 1 aromatic carbocycles. The van der Waals surface area contributed by atoms with Crippen molar-refractivity contribution in [2.75, 3.05) is 18.5 Å². The summed E-state index contributed by atoms with van der Waals surface area (Å²) in [4.78, 5) is 6.54. The maximum atomic E-state index is 5.99. The second-order valence-corrected chi connectivity index (χ2v) is 5.50. The van der Waals surface area contributed by atoms with Crippen molar-refractivity contribution in [1.29, 1.82) is 0 Å². The number of hydrogen-bond donors (Lipinski definition) is 1. The number of anilines is 1. The summed E-state index contributed by atoms with van der Waals surface area (Å²) in [7, 11) is 2.05. The number of nitrogens with two attached hydrogens (primary N) is 1. The molecule has 0 saturated carbocycles. The fourth-order valence-electron chi connectivity index (χ4n) is 1.86. The molecular weight excluding hydrogens is 246 g/mol. The molecule has 0 amide bonds. The van der Waals surface area contributed by atoms with Crippen molar-refractivity contribution in [2.45, 2.75) is 19.4 Å². The summed E-state index contributed by atoms with van der Waals surface area (Å²) in [5, 5.41) is 1.79. The van der Waals surface area contributed by atoms with E-state index in [4.69, 9.17) is 17.3 Å². The first kappa shape index (κ1) is 13.1. The first-order valence-electron chi connectivity index (χ1n) is 5.94. The van der Waals surface area contributed by atoms with Crippen LogP contribution in [0.15, 0.2) is 30.5 Å². The minimum atomic E-state index is -0.103. The summed E-state index contributed by atoms with van der Waals surface area (Å²) in [6.45, 7) is 4.82. The van der Waals surface area contributed by atoms with Gasteiger partial charge in [-0.2, -0.15) is 0 Å². The van der Waals surface area contributed by atoms with E-state index in [2.05, 4.69) is 30.8 Å². The minimum absolute atomic E-state index is 0.103. The van der Waals surface area contributed by atoms with E-state index in [-0.39, 0.29) is 5.54 Å². The van der Waals surface area contributed by atoms with E-state index in [0.717, 1.165) is 16.6 Å². The molecule has 0 aliphatic heterocycles. The van der Waals surface area contributed by atoms with Crippen LogP contribution >= 0.6 is 11.6 Å². The number of pyridine rings is 1. The van der Waals surface area contributed by atoms with Gasteiger partial charge < -0.3 is 10.6 Å². The van der Waals surface area contributed by atoms with Crippen molar-refractivity contribution in [3.05, 3.63) is 35.5 Å². The van der Waals surface area contributed by atoms with Crippen LogP contribution in [0, 0.1) is 0 Å². The SMILES string of the molecule is CN(c1ccnc2cc(Cl)ccc12)C(C)(C)CN. The zero-order chi connectivity index (χ0) is 13.3. The van der Waals surface area contributed by atoms with Crippen LogP contribution in [0.5, 0.6) is 0 Å². The summed E-state index contributed by atoms with van der Waals surface area (Å²) in [6.07, 6.45) is 1.80. The van der Waals surface area contributed by atoms with E-state index in [0.29, 0.717) is 11.6 Å². The molecule has 0 spiro atoms. The monoisotopic (exact) mass is 263 g/mol. The van der Waals surface area contributed by atoms with Crippen LogP contribution < -0.4 is 10.6 Å². The molecular formula is C14H18ClN3. The van der Waals surface area contributed by atoms with Crippen molar-refractivity contribution in [3.8, 4) is 0 Å². The van der Waals surface area contributed by atoms with Crippen molar-refractivity contribution in [2.24, 2.45) is 5.73 Å². The Bertz CT molecular complexity index is 566. The lowest BCUT2D eigenvalue weighted by Crippen LogP contribution is -2.47. The Morgan fingerprint density at radius 1 is 1.33 bits per heavy atom. The Morgan fingerprint density at radius 3 is 2.72 bits per heavy atom. The molecule has 0 unspecified atom stereocenters. The van der Waals surface area contributed by atoms with Gasteiger partial charge in [-0.05, 0) is 38.1 Å². The molecule has 4 heteroatoms. The molecule has 3 nitrogen and oxygen atoms in total. The number of hydrogen-bond acceptors (Lipinski definition) is 3. The summed E-state index contributed by atoms with van der Waals surface area (Å²) in [6, 6.07) is 7.78. The number of benzene rings is 1. The molecule has 2 N–H and O–H groups in total. The lowest BCUT2D eigenvalue weighted by molar-refractivity contribution is 0.499. The van der Waals surface area contributed by atoms with Crippen molar-refractivity contribution < 1.29 is 0 Å². The number of nitrogens with zero attached hydrogens (tertiary/aromatic N) is 2. The van der Waals surface area contributed by atoms with Gasteiger partial charge in [-0.1, -0.05) is 11.6 Å². The third-order valence-electron chi connectivity index (χ3n) is 3.45. The van der Waals surface area contributed by atoms with Crippen molar-refractivity contribution in [3.63, 3.8) is 0 Å².